The van der Waals surface area contributed by atoms with E-state index in [9.17, 15) is 9.00 Å². The zero-order valence-electron chi connectivity index (χ0n) is 6.23. The molecule has 0 aliphatic rings. The molecule has 0 bridgehead atoms. The van der Waals surface area contributed by atoms with Crippen molar-refractivity contribution in [2.75, 3.05) is 7.11 Å². The number of carbonyl (C=O) groups excluding carboxylic acids is 1. The van der Waals surface area contributed by atoms with E-state index in [4.69, 9.17) is 4.55 Å². The molecule has 0 aromatic carbocycles. The van der Waals surface area contributed by atoms with Crippen LogP contribution in [0.15, 0.2) is 17.2 Å². The summed E-state index contributed by atoms with van der Waals surface area (Å²) in [7, 11) is 1.23. The van der Waals surface area contributed by atoms with E-state index >= 15 is 0 Å². The van der Waals surface area contributed by atoms with Crippen LogP contribution in [0.3, 0.4) is 0 Å². The molecule has 5 nitrogen and oxygen atoms in total. The van der Waals surface area contributed by atoms with Crippen LogP contribution >= 0.6 is 0 Å². The quantitative estimate of drug-likeness (QED) is 0.520. The summed E-state index contributed by atoms with van der Waals surface area (Å²) in [6.07, 6.45) is 1.28. The number of hydrogen-bond acceptors (Lipinski definition) is 3. The highest BCUT2D eigenvalue weighted by Gasteiger charge is 2.10. The molecule has 0 aliphatic heterocycles. The van der Waals surface area contributed by atoms with Gasteiger partial charge in [-0.1, -0.05) is 0 Å². The molecule has 1 unspecified atom stereocenters. The normalized spacial score (nSPS) is 12.5. The number of carbonyl (C=O) groups is 1. The van der Waals surface area contributed by atoms with Gasteiger partial charge in [0, 0.05) is 6.20 Å². The molecular formula is C6H7NO4S. The van der Waals surface area contributed by atoms with E-state index in [0.717, 1.165) is 0 Å². The third kappa shape index (κ3) is 1.72. The smallest absolute Gasteiger partial charge is 0.354 e. The second-order valence-electron chi connectivity index (χ2n) is 1.99. The standard InChI is InChI=1S/C6H7NO4S/c1-11-6(8)5-2-4(3-7-5)12(9)10/h2-3,7H,1H3,(H,9,10). The van der Waals surface area contributed by atoms with Crippen molar-refractivity contribution in [3.8, 4) is 0 Å². The Balaban J connectivity index is 2.91. The van der Waals surface area contributed by atoms with Crippen LogP contribution in [0.2, 0.25) is 0 Å². The molecule has 0 aliphatic carbocycles. The van der Waals surface area contributed by atoms with Crippen LogP contribution < -0.4 is 0 Å². The van der Waals surface area contributed by atoms with Gasteiger partial charge in [0.05, 0.1) is 12.0 Å². The molecule has 12 heavy (non-hydrogen) atoms. The summed E-state index contributed by atoms with van der Waals surface area (Å²) in [6, 6.07) is 1.27. The second kappa shape index (κ2) is 3.51. The summed E-state index contributed by atoms with van der Waals surface area (Å²) in [5.41, 5.74) is 0.162. The first-order valence-electron chi connectivity index (χ1n) is 3.02. The number of esters is 1. The van der Waals surface area contributed by atoms with Gasteiger partial charge in [-0.2, -0.15) is 0 Å². The monoisotopic (exact) mass is 189 g/mol. The van der Waals surface area contributed by atoms with Crippen molar-refractivity contribution in [1.29, 1.82) is 0 Å². The number of hydrogen-bond donors (Lipinski definition) is 2. The van der Waals surface area contributed by atoms with Crippen LogP contribution in [0.1, 0.15) is 10.5 Å². The van der Waals surface area contributed by atoms with Gasteiger partial charge in [0.25, 0.3) is 0 Å². The highest BCUT2D eigenvalue weighted by molar-refractivity contribution is 7.79. The number of aromatic amines is 1. The molecule has 0 spiro atoms. The molecular weight excluding hydrogens is 182 g/mol. The minimum atomic E-state index is -2.07. The van der Waals surface area contributed by atoms with Crippen LogP contribution in [0.25, 0.3) is 0 Å². The first-order valence-corrected chi connectivity index (χ1v) is 4.13. The lowest BCUT2D eigenvalue weighted by Gasteiger charge is -1.91. The predicted octanol–water partition coefficient (Wildman–Crippen LogP) is 0.382. The lowest BCUT2D eigenvalue weighted by molar-refractivity contribution is 0.0595. The van der Waals surface area contributed by atoms with E-state index in [2.05, 4.69) is 9.72 Å². The van der Waals surface area contributed by atoms with E-state index in [1.807, 2.05) is 0 Å². The largest absolute Gasteiger partial charge is 0.464 e. The number of rotatable bonds is 2. The zero-order valence-corrected chi connectivity index (χ0v) is 7.05. The Bertz CT molecular complexity index is 319. The Labute approximate surface area is 71.0 Å². The molecule has 6 heteroatoms. The fourth-order valence-electron chi connectivity index (χ4n) is 0.703. The lowest BCUT2D eigenvalue weighted by atomic mass is 10.4. The van der Waals surface area contributed by atoms with Gasteiger partial charge >= 0.3 is 5.97 Å². The first-order chi connectivity index (χ1) is 5.65. The number of ether oxygens (including phenoxy) is 1. The number of nitrogens with one attached hydrogen (secondary N) is 1. The van der Waals surface area contributed by atoms with Crippen LogP contribution in [0, 0.1) is 0 Å². The molecule has 0 saturated heterocycles. The van der Waals surface area contributed by atoms with Gasteiger partial charge in [-0.25, -0.2) is 9.00 Å². The summed E-state index contributed by atoms with van der Waals surface area (Å²) in [5.74, 6) is -0.563. The third-order valence-electron chi connectivity index (χ3n) is 1.26. The highest BCUT2D eigenvalue weighted by atomic mass is 32.2. The van der Waals surface area contributed by atoms with Crippen LogP contribution in [0.4, 0.5) is 0 Å². The average molecular weight is 189 g/mol. The van der Waals surface area contributed by atoms with Gasteiger partial charge in [-0.15, -0.1) is 0 Å². The molecule has 0 fully saturated rings. The van der Waals surface area contributed by atoms with E-state index in [1.165, 1.54) is 19.4 Å². The Morgan fingerprint density at radius 1 is 1.75 bits per heavy atom. The predicted molar refractivity (Wildman–Crippen MR) is 41.2 cm³/mol. The molecule has 1 aromatic heterocycles. The summed E-state index contributed by atoms with van der Waals surface area (Å²) in [6.45, 7) is 0. The molecule has 66 valence electrons. The van der Waals surface area contributed by atoms with Crippen molar-refractivity contribution in [3.05, 3.63) is 18.0 Å². The summed E-state index contributed by atoms with van der Waals surface area (Å²) in [4.78, 5) is 13.5. The molecule has 1 heterocycles. The Morgan fingerprint density at radius 3 is 2.83 bits per heavy atom. The van der Waals surface area contributed by atoms with Crippen molar-refractivity contribution in [2.45, 2.75) is 4.90 Å². The maximum Gasteiger partial charge on any atom is 0.354 e. The maximum absolute atomic E-state index is 10.8. The number of aromatic nitrogens is 1. The summed E-state index contributed by atoms with van der Waals surface area (Å²) >= 11 is -2.07. The van der Waals surface area contributed by atoms with Gasteiger partial charge in [0.1, 0.15) is 5.69 Å². The molecule has 1 aromatic rings. The molecule has 1 atom stereocenters. The van der Waals surface area contributed by atoms with Crippen molar-refractivity contribution in [2.24, 2.45) is 0 Å². The van der Waals surface area contributed by atoms with Crippen molar-refractivity contribution >= 4 is 17.0 Å². The molecule has 0 radical (unpaired) electrons. The topological polar surface area (TPSA) is 79.4 Å². The Kier molecular flexibility index (Phi) is 2.61. The summed E-state index contributed by atoms with van der Waals surface area (Å²) in [5, 5.41) is 0. The van der Waals surface area contributed by atoms with Crippen LogP contribution in [-0.2, 0) is 15.8 Å². The molecule has 1 rings (SSSR count). The van der Waals surface area contributed by atoms with E-state index < -0.39 is 17.0 Å². The fourth-order valence-corrected chi connectivity index (χ4v) is 1.08. The van der Waals surface area contributed by atoms with Crippen molar-refractivity contribution in [1.82, 2.24) is 4.98 Å². The SMILES string of the molecule is COC(=O)c1cc(S(=O)O)c[nH]1. The zero-order chi connectivity index (χ0) is 9.14. The van der Waals surface area contributed by atoms with Gasteiger partial charge in [0.15, 0.2) is 11.1 Å². The van der Waals surface area contributed by atoms with E-state index in [-0.39, 0.29) is 10.6 Å². The van der Waals surface area contributed by atoms with Crippen molar-refractivity contribution in [3.63, 3.8) is 0 Å². The highest BCUT2D eigenvalue weighted by Crippen LogP contribution is 2.07. The fraction of sp³-hybridized carbons (Fsp3) is 0.167. The molecule has 0 amide bonds. The number of methoxy groups -OCH3 is 1. The van der Waals surface area contributed by atoms with Crippen LogP contribution in [-0.4, -0.2) is 26.8 Å². The van der Waals surface area contributed by atoms with Gasteiger partial charge in [0.2, 0.25) is 0 Å². The second-order valence-corrected chi connectivity index (χ2v) is 2.96. The third-order valence-corrected chi connectivity index (χ3v) is 1.90. The minimum absolute atomic E-state index is 0.149. The van der Waals surface area contributed by atoms with Gasteiger partial charge < -0.3 is 14.3 Å². The average Bonchev–Trinajstić information content (AvgIpc) is 2.51. The minimum Gasteiger partial charge on any atom is -0.464 e. The van der Waals surface area contributed by atoms with Gasteiger partial charge in [-0.3, -0.25) is 0 Å². The first kappa shape index (κ1) is 8.95. The maximum atomic E-state index is 10.8. The molecule has 0 saturated carbocycles. The molecule has 2 N–H and O–H groups in total. The lowest BCUT2D eigenvalue weighted by Crippen LogP contribution is -2.00. The van der Waals surface area contributed by atoms with Crippen molar-refractivity contribution < 1.29 is 18.3 Å². The van der Waals surface area contributed by atoms with E-state index in [0.29, 0.717) is 0 Å². The van der Waals surface area contributed by atoms with Gasteiger partial charge in [-0.05, 0) is 6.07 Å². The van der Waals surface area contributed by atoms with E-state index in [1.54, 1.807) is 0 Å². The number of H-pyrrole nitrogens is 1. The van der Waals surface area contributed by atoms with Crippen LogP contribution in [0.5, 0.6) is 0 Å². The summed E-state index contributed by atoms with van der Waals surface area (Å²) < 4.78 is 23.4. The Hall–Kier alpha value is -1.14. The Morgan fingerprint density at radius 2 is 2.42 bits per heavy atom.